The second-order valence-corrected chi connectivity index (χ2v) is 15.2. The van der Waals surface area contributed by atoms with Crippen molar-refractivity contribution in [2.24, 2.45) is 0 Å². The van der Waals surface area contributed by atoms with Crippen LogP contribution in [0.2, 0.25) is 0 Å². The predicted molar refractivity (Wildman–Crippen MR) is 211 cm³/mol. The topological polar surface area (TPSA) is 174 Å². The van der Waals surface area contributed by atoms with Gasteiger partial charge in [0.1, 0.15) is 29.9 Å². The highest BCUT2D eigenvalue weighted by Crippen LogP contribution is 2.38. The van der Waals surface area contributed by atoms with Crippen molar-refractivity contribution in [3.05, 3.63) is 81.9 Å². The van der Waals surface area contributed by atoms with Gasteiger partial charge in [0.25, 0.3) is 0 Å². The maximum absolute atomic E-state index is 13.0. The minimum absolute atomic E-state index is 0.163. The first-order chi connectivity index (χ1) is 25.4. The van der Waals surface area contributed by atoms with Crippen molar-refractivity contribution >= 4 is 62.1 Å². The zero-order valence-corrected chi connectivity index (χ0v) is 32.1. The van der Waals surface area contributed by atoms with Crippen LogP contribution in [0.1, 0.15) is 85.1 Å². The first-order valence-corrected chi connectivity index (χ1v) is 19.2. The number of aliphatic hydroxyl groups excluding tert-OH is 4. The van der Waals surface area contributed by atoms with Crippen LogP contribution in [0.3, 0.4) is 0 Å². The molecule has 6 heterocycles. The van der Waals surface area contributed by atoms with Crippen LogP contribution >= 0.6 is 11.8 Å². The molecule has 0 spiro atoms. The number of rotatable bonds is 11. The average molecular weight is 743 g/mol. The first-order valence-electron chi connectivity index (χ1n) is 18.2. The van der Waals surface area contributed by atoms with Gasteiger partial charge in [-0.15, -0.1) is 11.8 Å². The number of H-pyrrole nitrogens is 2. The van der Waals surface area contributed by atoms with Crippen LogP contribution in [0.15, 0.2) is 36.9 Å². The first kappa shape index (κ1) is 38.7. The highest BCUT2D eigenvalue weighted by Gasteiger charge is 2.43. The van der Waals surface area contributed by atoms with Crippen LogP contribution in [0, 0.1) is 20.8 Å². The summed E-state index contributed by atoms with van der Waals surface area (Å²) in [7, 11) is 0. The summed E-state index contributed by atoms with van der Waals surface area (Å²) in [5.41, 5.74) is 15.0. The minimum atomic E-state index is -1.42. The van der Waals surface area contributed by atoms with E-state index >= 15 is 0 Å². The molecule has 3 aromatic rings. The summed E-state index contributed by atoms with van der Waals surface area (Å²) in [6.45, 7) is 16.4. The quantitative estimate of drug-likeness (QED) is 0.0996. The molecule has 0 radical (unpaired) electrons. The van der Waals surface area contributed by atoms with Crippen LogP contribution in [-0.4, -0.2) is 95.1 Å². The lowest BCUT2D eigenvalue weighted by molar-refractivity contribution is -0.205. The Labute approximate surface area is 313 Å². The zero-order chi connectivity index (χ0) is 38.1. The highest BCUT2D eigenvalue weighted by atomic mass is 32.2. The number of ether oxygens (including phenoxy) is 2. The Bertz CT molecular complexity index is 2150. The highest BCUT2D eigenvalue weighted by molar-refractivity contribution is 7.99. The molecule has 282 valence electrons. The number of carbonyl (C=O) groups excluding carboxylic acids is 1. The smallest absolute Gasteiger partial charge is 0.306 e. The number of hydrogen-bond acceptors (Lipinski definition) is 10. The fourth-order valence-corrected chi connectivity index (χ4v) is 8.38. The summed E-state index contributed by atoms with van der Waals surface area (Å²) in [4.78, 5) is 30.5. The molecule has 0 amide bonds. The Kier molecular flexibility index (Phi) is 11.8. The number of fused-ring (bicyclic) bond motifs is 8. The molecule has 6 N–H and O–H groups in total. The van der Waals surface area contributed by atoms with Crippen molar-refractivity contribution in [3.8, 4) is 0 Å². The number of allylic oxidation sites excluding steroid dienone is 5. The third-order valence-electron chi connectivity index (χ3n) is 10.6. The van der Waals surface area contributed by atoms with Crippen molar-refractivity contribution in [2.45, 2.75) is 97.1 Å². The number of hydrogen-bond donors (Lipinski definition) is 6. The van der Waals surface area contributed by atoms with E-state index in [4.69, 9.17) is 19.4 Å². The number of thioether (sulfide) groups is 1. The molecule has 5 atom stereocenters. The Hall–Kier alpha value is -4.04. The van der Waals surface area contributed by atoms with E-state index < -0.39 is 36.5 Å². The number of carbonyl (C=O) groups is 1. The molecule has 8 bridgehead atoms. The van der Waals surface area contributed by atoms with E-state index in [0.29, 0.717) is 18.6 Å². The number of aliphatic hydroxyl groups is 4. The second-order valence-electron chi connectivity index (χ2n) is 14.0. The Balaban J connectivity index is 1.27. The molecule has 1 saturated heterocycles. The Morgan fingerprint density at radius 2 is 1.62 bits per heavy atom. The van der Waals surface area contributed by atoms with E-state index in [1.54, 1.807) is 0 Å². The van der Waals surface area contributed by atoms with Gasteiger partial charge in [0, 0.05) is 34.1 Å². The van der Waals surface area contributed by atoms with E-state index in [1.807, 2.05) is 19.1 Å². The molecule has 11 nitrogen and oxygen atoms in total. The number of nitrogens with one attached hydrogen (secondary N) is 2. The fourth-order valence-electron chi connectivity index (χ4n) is 7.29. The summed E-state index contributed by atoms with van der Waals surface area (Å²) < 4.78 is 11.1. The number of esters is 1. The van der Waals surface area contributed by atoms with Crippen LogP contribution < -0.4 is 0 Å². The van der Waals surface area contributed by atoms with Gasteiger partial charge in [-0.25, -0.2) is 9.97 Å². The van der Waals surface area contributed by atoms with Gasteiger partial charge in [-0.1, -0.05) is 19.6 Å². The number of aromatic amines is 2. The lowest BCUT2D eigenvalue weighted by atomic mass is 9.98. The van der Waals surface area contributed by atoms with Crippen LogP contribution in [0.4, 0.5) is 0 Å². The maximum atomic E-state index is 13.0. The third kappa shape index (κ3) is 7.67. The van der Waals surface area contributed by atoms with Gasteiger partial charge in [0.15, 0.2) is 0 Å². The van der Waals surface area contributed by atoms with Crippen molar-refractivity contribution in [2.75, 3.05) is 19.0 Å². The molecule has 6 rings (SSSR count). The van der Waals surface area contributed by atoms with Crippen molar-refractivity contribution in [3.63, 3.8) is 0 Å². The Morgan fingerprint density at radius 1 is 0.906 bits per heavy atom. The fraction of sp³-hybridized carbons (Fsp3) is 0.439. The van der Waals surface area contributed by atoms with Gasteiger partial charge in [0.05, 0.1) is 36.0 Å². The van der Waals surface area contributed by atoms with E-state index in [-0.39, 0.29) is 19.0 Å². The van der Waals surface area contributed by atoms with Crippen molar-refractivity contribution < 1.29 is 34.7 Å². The predicted octanol–water partition coefficient (Wildman–Crippen LogP) is 6.10. The van der Waals surface area contributed by atoms with Crippen molar-refractivity contribution in [1.29, 1.82) is 0 Å². The molecule has 3 aromatic heterocycles. The van der Waals surface area contributed by atoms with Gasteiger partial charge < -0.3 is 39.9 Å². The molecule has 0 unspecified atom stereocenters. The van der Waals surface area contributed by atoms with Gasteiger partial charge in [0.2, 0.25) is 0 Å². The summed E-state index contributed by atoms with van der Waals surface area (Å²) in [5, 5.41) is 39.7. The largest absolute Gasteiger partial charge is 0.466 e. The molecular weight excluding hydrogens is 693 g/mol. The van der Waals surface area contributed by atoms with Crippen molar-refractivity contribution in [1.82, 2.24) is 19.9 Å². The molecule has 1 fully saturated rings. The molecule has 12 heteroatoms. The van der Waals surface area contributed by atoms with E-state index in [2.05, 4.69) is 69.4 Å². The van der Waals surface area contributed by atoms with Gasteiger partial charge in [-0.3, -0.25) is 4.79 Å². The zero-order valence-electron chi connectivity index (χ0n) is 31.2. The molecule has 0 aromatic carbocycles. The lowest BCUT2D eigenvalue weighted by Gasteiger charge is -2.39. The van der Waals surface area contributed by atoms with E-state index in [1.165, 1.54) is 22.9 Å². The van der Waals surface area contributed by atoms with E-state index in [9.17, 15) is 25.2 Å². The molecule has 0 aliphatic carbocycles. The van der Waals surface area contributed by atoms with E-state index in [0.717, 1.165) is 84.7 Å². The minimum Gasteiger partial charge on any atom is -0.466 e. The lowest BCUT2D eigenvalue weighted by Crippen LogP contribution is -2.57. The SMILES string of the molecule is C=CC1=C(C)c2cc3nc(c(C)c4cc(C)c(cc5[nH]c(cc1n2)c(C)c5CC)[nH]4)C(CCC(=O)OCCCS[C@@H]1O[C@H](CO)[C@@H](O)[C@H](O)[C@H]1O)=C3C. The van der Waals surface area contributed by atoms with Gasteiger partial charge in [-0.05, 0) is 123 Å². The number of nitrogens with zero attached hydrogens (tertiary/aromatic N) is 2. The molecule has 0 saturated carbocycles. The average Bonchev–Trinajstić information content (AvgIpc) is 3.84. The summed E-state index contributed by atoms with van der Waals surface area (Å²) in [6.07, 6.45) is -1.24. The molecular formula is C41H50N4O7S. The Morgan fingerprint density at radius 3 is 2.34 bits per heavy atom. The second kappa shape index (κ2) is 16.1. The maximum Gasteiger partial charge on any atom is 0.306 e. The van der Waals surface area contributed by atoms with Crippen LogP contribution in [0.5, 0.6) is 0 Å². The standard InChI is InChI=1S/C41H50N4O7S/c1-8-25-22(5)31-18-34-26(9-2)21(4)30(43-34)17-32-23(6)27(37(45-32)24(7)29-15-20(3)28(42-29)16-33(25)44-31)11-12-36(47)51-13-10-14-53-41-40(50)39(49)38(48)35(19-46)52-41/h9,15-18,35,38-42,44,46,48-50H,2,8,10-14,19H2,1,3-7H3/t35-,38-,39+,40-,41+/m1/s1. The summed E-state index contributed by atoms with van der Waals surface area (Å²) >= 11 is 1.23. The summed E-state index contributed by atoms with van der Waals surface area (Å²) in [6, 6.07) is 8.45. The number of aromatic nitrogens is 4. The monoisotopic (exact) mass is 742 g/mol. The molecule has 3 aliphatic heterocycles. The number of aryl methyl sites for hydroxylation is 4. The summed E-state index contributed by atoms with van der Waals surface area (Å²) in [5.74, 6) is 0.140. The molecule has 3 aliphatic rings. The third-order valence-corrected chi connectivity index (χ3v) is 11.8. The normalized spacial score (nSPS) is 21.7. The van der Waals surface area contributed by atoms with Crippen LogP contribution in [0.25, 0.3) is 44.4 Å². The van der Waals surface area contributed by atoms with Crippen LogP contribution in [-0.2, 0) is 20.7 Å². The molecule has 53 heavy (non-hydrogen) atoms. The van der Waals surface area contributed by atoms with Gasteiger partial charge in [-0.2, -0.15) is 0 Å². The van der Waals surface area contributed by atoms with Gasteiger partial charge >= 0.3 is 5.97 Å².